The Labute approximate surface area is 188 Å². The number of hydrogen-bond acceptors (Lipinski definition) is 3. The molecule has 1 fully saturated rings. The number of methoxy groups -OCH3 is 1. The van der Waals surface area contributed by atoms with E-state index in [2.05, 4.69) is 10.6 Å². The van der Waals surface area contributed by atoms with Gasteiger partial charge in [0.25, 0.3) is 5.91 Å². The van der Waals surface area contributed by atoms with Crippen molar-refractivity contribution in [1.29, 1.82) is 0 Å². The molecular weight excluding hydrogens is 404 g/mol. The van der Waals surface area contributed by atoms with Gasteiger partial charge < -0.3 is 24.8 Å². The Bertz CT molecular complexity index is 1130. The number of amides is 3. The highest BCUT2D eigenvalue weighted by Gasteiger charge is 2.21. The number of hydrogen-bond donors (Lipinski definition) is 2. The number of nitrogens with one attached hydrogen (secondary N) is 2. The fourth-order valence-electron chi connectivity index (χ4n) is 4.13. The lowest BCUT2D eigenvalue weighted by Gasteiger charge is -2.18. The molecule has 1 aliphatic rings. The van der Waals surface area contributed by atoms with E-state index in [4.69, 9.17) is 4.74 Å². The molecule has 7 heteroatoms. The van der Waals surface area contributed by atoms with Crippen LogP contribution in [0.3, 0.4) is 0 Å². The van der Waals surface area contributed by atoms with Crippen molar-refractivity contribution in [3.05, 3.63) is 71.5 Å². The molecule has 2 aromatic carbocycles. The maximum atomic E-state index is 13.2. The van der Waals surface area contributed by atoms with Crippen molar-refractivity contribution in [3.8, 4) is 11.4 Å². The van der Waals surface area contributed by atoms with Crippen LogP contribution in [-0.2, 0) is 0 Å². The SMILES string of the molecule is COc1ccc(-n2c(C)cc(C(=O)Nc3ccccc3NC(=O)N3CCCC3)c2C)cc1. The van der Waals surface area contributed by atoms with E-state index in [-0.39, 0.29) is 11.9 Å². The number of carbonyl (C=O) groups excluding carboxylic acids is 2. The molecule has 1 aliphatic heterocycles. The molecule has 0 spiro atoms. The van der Waals surface area contributed by atoms with Gasteiger partial charge in [-0.1, -0.05) is 12.1 Å². The number of anilines is 2. The number of likely N-dealkylation sites (tertiary alicyclic amines) is 1. The van der Waals surface area contributed by atoms with Gasteiger partial charge in [0.2, 0.25) is 0 Å². The second-order valence-electron chi connectivity index (χ2n) is 7.94. The number of nitrogens with zero attached hydrogens (tertiary/aromatic N) is 2. The molecule has 0 radical (unpaired) electrons. The summed E-state index contributed by atoms with van der Waals surface area (Å²) in [7, 11) is 1.63. The van der Waals surface area contributed by atoms with Crippen LogP contribution < -0.4 is 15.4 Å². The summed E-state index contributed by atoms with van der Waals surface area (Å²) in [5.41, 5.74) is 4.48. The van der Waals surface area contributed by atoms with E-state index in [9.17, 15) is 9.59 Å². The first-order valence-corrected chi connectivity index (χ1v) is 10.8. The summed E-state index contributed by atoms with van der Waals surface area (Å²) in [6.07, 6.45) is 2.05. The lowest BCUT2D eigenvalue weighted by molar-refractivity contribution is 0.102. The fraction of sp³-hybridized carbons (Fsp3) is 0.280. The maximum Gasteiger partial charge on any atom is 0.321 e. The molecule has 3 aromatic rings. The number of carbonyl (C=O) groups is 2. The zero-order chi connectivity index (χ0) is 22.7. The van der Waals surface area contributed by atoms with E-state index in [0.717, 1.165) is 48.8 Å². The standard InChI is InChI=1S/C25H28N4O3/c1-17-16-21(18(2)29(17)19-10-12-20(32-3)13-11-19)24(30)26-22-8-4-5-9-23(22)27-25(31)28-14-6-7-15-28/h4-5,8-13,16H,6-7,14-15H2,1-3H3,(H,26,30)(H,27,31). The third-order valence-electron chi connectivity index (χ3n) is 5.82. The number of benzene rings is 2. The van der Waals surface area contributed by atoms with Gasteiger partial charge in [-0.05, 0) is 69.2 Å². The molecule has 0 aliphatic carbocycles. The van der Waals surface area contributed by atoms with Gasteiger partial charge in [0.15, 0.2) is 0 Å². The van der Waals surface area contributed by atoms with Crippen molar-refractivity contribution < 1.29 is 14.3 Å². The minimum atomic E-state index is -0.222. The minimum absolute atomic E-state index is 0.137. The molecule has 0 saturated carbocycles. The Morgan fingerprint density at radius 3 is 2.16 bits per heavy atom. The fourth-order valence-corrected chi connectivity index (χ4v) is 4.13. The number of aromatic nitrogens is 1. The van der Waals surface area contributed by atoms with E-state index in [1.807, 2.05) is 60.9 Å². The average molecular weight is 433 g/mol. The molecule has 0 unspecified atom stereocenters. The van der Waals surface area contributed by atoms with Gasteiger partial charge in [-0.2, -0.15) is 0 Å². The summed E-state index contributed by atoms with van der Waals surface area (Å²) in [6.45, 7) is 5.42. The summed E-state index contributed by atoms with van der Waals surface area (Å²) in [4.78, 5) is 27.5. The third-order valence-corrected chi connectivity index (χ3v) is 5.82. The molecule has 1 saturated heterocycles. The van der Waals surface area contributed by atoms with Crippen LogP contribution in [0.1, 0.15) is 34.6 Å². The maximum absolute atomic E-state index is 13.2. The van der Waals surface area contributed by atoms with Gasteiger partial charge in [0.1, 0.15) is 5.75 Å². The summed E-state index contributed by atoms with van der Waals surface area (Å²) in [5, 5.41) is 5.90. The van der Waals surface area contributed by atoms with Crippen LogP contribution in [0.2, 0.25) is 0 Å². The summed E-state index contributed by atoms with van der Waals surface area (Å²) >= 11 is 0. The average Bonchev–Trinajstić information content (AvgIpc) is 3.43. The zero-order valence-corrected chi connectivity index (χ0v) is 18.6. The number of urea groups is 1. The van der Waals surface area contributed by atoms with Gasteiger partial charge in [-0.3, -0.25) is 4.79 Å². The number of aryl methyl sites for hydroxylation is 1. The molecule has 32 heavy (non-hydrogen) atoms. The van der Waals surface area contributed by atoms with Crippen LogP contribution in [0.15, 0.2) is 54.6 Å². The second kappa shape index (κ2) is 9.18. The largest absolute Gasteiger partial charge is 0.497 e. The topological polar surface area (TPSA) is 75.6 Å². The van der Waals surface area contributed by atoms with Crippen LogP contribution in [0.4, 0.5) is 16.2 Å². The summed E-state index contributed by atoms with van der Waals surface area (Å²) in [6, 6.07) is 16.7. The van der Waals surface area contributed by atoms with Crippen molar-refractivity contribution in [2.24, 2.45) is 0 Å². The van der Waals surface area contributed by atoms with Gasteiger partial charge >= 0.3 is 6.03 Å². The predicted octanol–water partition coefficient (Wildman–Crippen LogP) is 4.98. The smallest absolute Gasteiger partial charge is 0.321 e. The minimum Gasteiger partial charge on any atom is -0.497 e. The van der Waals surface area contributed by atoms with E-state index >= 15 is 0 Å². The van der Waals surface area contributed by atoms with Crippen LogP contribution >= 0.6 is 0 Å². The molecule has 4 rings (SSSR count). The number of para-hydroxylation sites is 2. The lowest BCUT2D eigenvalue weighted by atomic mass is 10.2. The van der Waals surface area contributed by atoms with Gasteiger partial charge in [0, 0.05) is 30.2 Å². The molecule has 3 amide bonds. The Morgan fingerprint density at radius 1 is 0.906 bits per heavy atom. The zero-order valence-electron chi connectivity index (χ0n) is 18.6. The third kappa shape index (κ3) is 4.32. The molecule has 0 atom stereocenters. The quantitative estimate of drug-likeness (QED) is 0.597. The molecule has 0 bridgehead atoms. The van der Waals surface area contributed by atoms with Gasteiger partial charge in [0.05, 0.1) is 24.0 Å². The number of ether oxygens (including phenoxy) is 1. The van der Waals surface area contributed by atoms with Crippen LogP contribution in [0.5, 0.6) is 5.75 Å². The summed E-state index contributed by atoms with van der Waals surface area (Å²) < 4.78 is 7.28. The molecule has 2 N–H and O–H groups in total. The first-order valence-electron chi connectivity index (χ1n) is 10.8. The molecule has 166 valence electrons. The normalized spacial score (nSPS) is 13.2. The highest BCUT2D eigenvalue weighted by Crippen LogP contribution is 2.26. The molecule has 7 nitrogen and oxygen atoms in total. The van der Waals surface area contributed by atoms with Crippen molar-refractivity contribution in [2.75, 3.05) is 30.8 Å². The predicted molar refractivity (Wildman–Crippen MR) is 126 cm³/mol. The Kier molecular flexibility index (Phi) is 6.16. The van der Waals surface area contributed by atoms with Gasteiger partial charge in [-0.25, -0.2) is 4.79 Å². The van der Waals surface area contributed by atoms with Crippen molar-refractivity contribution >= 4 is 23.3 Å². The van der Waals surface area contributed by atoms with Crippen LogP contribution in [-0.4, -0.2) is 41.6 Å². The van der Waals surface area contributed by atoms with E-state index < -0.39 is 0 Å². The monoisotopic (exact) mass is 432 g/mol. The number of rotatable bonds is 5. The summed E-state index contributed by atoms with van der Waals surface area (Å²) in [5.74, 6) is 0.558. The lowest BCUT2D eigenvalue weighted by Crippen LogP contribution is -2.32. The molecule has 1 aromatic heterocycles. The Hall–Kier alpha value is -3.74. The van der Waals surface area contributed by atoms with E-state index in [0.29, 0.717) is 16.9 Å². The second-order valence-corrected chi connectivity index (χ2v) is 7.94. The van der Waals surface area contributed by atoms with Crippen LogP contribution in [0, 0.1) is 13.8 Å². The highest BCUT2D eigenvalue weighted by molar-refractivity contribution is 6.08. The van der Waals surface area contributed by atoms with Crippen molar-refractivity contribution in [2.45, 2.75) is 26.7 Å². The van der Waals surface area contributed by atoms with Crippen molar-refractivity contribution in [1.82, 2.24) is 9.47 Å². The van der Waals surface area contributed by atoms with Gasteiger partial charge in [-0.15, -0.1) is 0 Å². The van der Waals surface area contributed by atoms with E-state index in [1.165, 1.54) is 0 Å². The van der Waals surface area contributed by atoms with Crippen molar-refractivity contribution in [3.63, 3.8) is 0 Å². The Morgan fingerprint density at radius 2 is 1.53 bits per heavy atom. The first-order chi connectivity index (χ1) is 15.5. The first kappa shape index (κ1) is 21.5. The Balaban J connectivity index is 1.55. The van der Waals surface area contributed by atoms with E-state index in [1.54, 1.807) is 24.1 Å². The molecule has 2 heterocycles. The highest BCUT2D eigenvalue weighted by atomic mass is 16.5. The van der Waals surface area contributed by atoms with Crippen LogP contribution in [0.25, 0.3) is 5.69 Å². The molecular formula is C25H28N4O3.